The zero-order chi connectivity index (χ0) is 14.4. The average Bonchev–Trinajstić information content (AvgIpc) is 2.48. The zero-order valence-corrected chi connectivity index (χ0v) is 13.3. The zero-order valence-electron chi connectivity index (χ0n) is 13.3. The number of quaternary nitrogens is 2. The van der Waals surface area contributed by atoms with Gasteiger partial charge in [-0.05, 0) is 38.0 Å². The van der Waals surface area contributed by atoms with Gasteiger partial charge in [0.05, 0.1) is 19.7 Å². The molecule has 0 radical (unpaired) electrons. The van der Waals surface area contributed by atoms with Gasteiger partial charge in [0.2, 0.25) is 0 Å². The second-order valence-corrected chi connectivity index (χ2v) is 6.00. The third kappa shape index (κ3) is 4.22. The van der Waals surface area contributed by atoms with E-state index in [4.69, 9.17) is 4.74 Å². The molecule has 0 spiro atoms. The van der Waals surface area contributed by atoms with Crippen molar-refractivity contribution < 1.29 is 14.5 Å². The first kappa shape index (κ1) is 15.3. The van der Waals surface area contributed by atoms with E-state index in [9.17, 15) is 0 Å². The van der Waals surface area contributed by atoms with Crippen LogP contribution in [0.25, 0.3) is 0 Å². The maximum absolute atomic E-state index is 5.93. The summed E-state index contributed by atoms with van der Waals surface area (Å²) in [5.41, 5.74) is 2.59. The van der Waals surface area contributed by atoms with Gasteiger partial charge in [0, 0.05) is 6.42 Å². The largest absolute Gasteiger partial charge is 0.493 e. The molecule has 0 amide bonds. The van der Waals surface area contributed by atoms with E-state index in [0.717, 1.165) is 18.8 Å². The topological polar surface area (TPSA) is 18.1 Å². The van der Waals surface area contributed by atoms with Gasteiger partial charge in [-0.3, -0.25) is 0 Å². The molecule has 1 fully saturated rings. The fourth-order valence-corrected chi connectivity index (χ4v) is 2.95. The molecular weight excluding hydrogens is 248 g/mol. The Morgan fingerprint density at radius 2 is 1.75 bits per heavy atom. The monoisotopic (exact) mass is 278 g/mol. The Kier molecular flexibility index (Phi) is 5.86. The molecular formula is C17H30N2O+2. The highest BCUT2D eigenvalue weighted by Crippen LogP contribution is 2.20. The first-order chi connectivity index (χ1) is 9.70. The molecule has 0 aliphatic carbocycles. The Morgan fingerprint density at radius 3 is 2.45 bits per heavy atom. The van der Waals surface area contributed by atoms with Crippen LogP contribution in [0.5, 0.6) is 5.75 Å². The number of aryl methyl sites for hydroxylation is 1. The fourth-order valence-electron chi connectivity index (χ4n) is 2.95. The van der Waals surface area contributed by atoms with E-state index in [-0.39, 0.29) is 0 Å². The number of piperazine rings is 1. The standard InChI is InChI=1S/C17H28N2O/c1-4-18-10-12-19(13-11-18)9-6-14-20-17-8-5-7-15(2)16(17)3/h5,7-8H,4,6,9-14H2,1-3H3/p+2. The molecule has 1 aliphatic rings. The number of hydrogen-bond acceptors (Lipinski definition) is 1. The summed E-state index contributed by atoms with van der Waals surface area (Å²) < 4.78 is 5.93. The van der Waals surface area contributed by atoms with Crippen LogP contribution >= 0.6 is 0 Å². The van der Waals surface area contributed by atoms with E-state index >= 15 is 0 Å². The summed E-state index contributed by atoms with van der Waals surface area (Å²) in [7, 11) is 0. The van der Waals surface area contributed by atoms with E-state index in [1.807, 2.05) is 0 Å². The third-order valence-electron chi connectivity index (χ3n) is 4.65. The van der Waals surface area contributed by atoms with Crippen molar-refractivity contribution in [1.29, 1.82) is 0 Å². The lowest BCUT2D eigenvalue weighted by atomic mass is 10.1. The quantitative estimate of drug-likeness (QED) is 0.694. The molecule has 2 N–H and O–H groups in total. The maximum atomic E-state index is 5.93. The van der Waals surface area contributed by atoms with Gasteiger partial charge in [-0.25, -0.2) is 0 Å². The van der Waals surface area contributed by atoms with Crippen LogP contribution < -0.4 is 14.5 Å². The lowest BCUT2D eigenvalue weighted by molar-refractivity contribution is -1.01. The van der Waals surface area contributed by atoms with Crippen molar-refractivity contribution in [2.75, 3.05) is 45.9 Å². The molecule has 3 heteroatoms. The molecule has 3 nitrogen and oxygen atoms in total. The Hall–Kier alpha value is -1.06. The Bertz CT molecular complexity index is 411. The Morgan fingerprint density at radius 1 is 1.05 bits per heavy atom. The molecule has 2 rings (SSSR count). The van der Waals surface area contributed by atoms with E-state index in [2.05, 4.69) is 39.0 Å². The number of hydrogen-bond donors (Lipinski definition) is 2. The number of rotatable bonds is 6. The molecule has 0 saturated carbocycles. The molecule has 1 aromatic rings. The molecule has 0 atom stereocenters. The summed E-state index contributed by atoms with van der Waals surface area (Å²) >= 11 is 0. The van der Waals surface area contributed by atoms with Gasteiger partial charge in [-0.2, -0.15) is 0 Å². The van der Waals surface area contributed by atoms with Crippen LogP contribution in [-0.2, 0) is 0 Å². The molecule has 1 aromatic carbocycles. The number of likely N-dealkylation sites (N-methyl/N-ethyl adjacent to an activating group) is 1. The van der Waals surface area contributed by atoms with E-state index in [1.54, 1.807) is 9.80 Å². The van der Waals surface area contributed by atoms with Crippen LogP contribution in [0, 0.1) is 13.8 Å². The van der Waals surface area contributed by atoms with Gasteiger partial charge < -0.3 is 14.5 Å². The fraction of sp³-hybridized carbons (Fsp3) is 0.647. The Labute approximate surface area is 123 Å². The molecule has 0 bridgehead atoms. The van der Waals surface area contributed by atoms with Gasteiger partial charge in [0.1, 0.15) is 31.9 Å². The van der Waals surface area contributed by atoms with Crippen LogP contribution in [0.3, 0.4) is 0 Å². The first-order valence-corrected chi connectivity index (χ1v) is 8.07. The SMILES string of the molecule is CC[NH+]1CC[NH+](CCCOc2cccc(C)c2C)CC1. The second kappa shape index (κ2) is 7.65. The van der Waals surface area contributed by atoms with Gasteiger partial charge >= 0.3 is 0 Å². The van der Waals surface area contributed by atoms with Crippen LogP contribution in [0.2, 0.25) is 0 Å². The van der Waals surface area contributed by atoms with Crippen molar-refractivity contribution >= 4 is 0 Å². The normalized spacial score (nSPS) is 22.8. The minimum atomic E-state index is 0.845. The smallest absolute Gasteiger partial charge is 0.127 e. The van der Waals surface area contributed by atoms with Crippen molar-refractivity contribution in [2.24, 2.45) is 0 Å². The summed E-state index contributed by atoms with van der Waals surface area (Å²) in [4.78, 5) is 3.52. The minimum Gasteiger partial charge on any atom is -0.493 e. The lowest BCUT2D eigenvalue weighted by Gasteiger charge is -2.28. The van der Waals surface area contributed by atoms with Crippen LogP contribution in [-0.4, -0.2) is 45.9 Å². The average molecular weight is 278 g/mol. The highest BCUT2D eigenvalue weighted by atomic mass is 16.5. The molecule has 112 valence electrons. The van der Waals surface area contributed by atoms with E-state index in [1.165, 1.54) is 50.4 Å². The Balaban J connectivity index is 1.66. The van der Waals surface area contributed by atoms with Crippen molar-refractivity contribution in [2.45, 2.75) is 27.2 Å². The van der Waals surface area contributed by atoms with Crippen molar-refractivity contribution in [3.05, 3.63) is 29.3 Å². The molecule has 1 saturated heterocycles. The summed E-state index contributed by atoms with van der Waals surface area (Å²) in [6, 6.07) is 6.30. The number of benzene rings is 1. The van der Waals surface area contributed by atoms with Gasteiger partial charge in [-0.1, -0.05) is 12.1 Å². The van der Waals surface area contributed by atoms with Crippen LogP contribution in [0.1, 0.15) is 24.5 Å². The second-order valence-electron chi connectivity index (χ2n) is 6.00. The third-order valence-corrected chi connectivity index (χ3v) is 4.65. The van der Waals surface area contributed by atoms with Gasteiger partial charge in [-0.15, -0.1) is 0 Å². The summed E-state index contributed by atoms with van der Waals surface area (Å²) in [6.07, 6.45) is 1.16. The molecule has 0 unspecified atom stereocenters. The molecule has 1 aliphatic heterocycles. The minimum absolute atomic E-state index is 0.845. The van der Waals surface area contributed by atoms with E-state index < -0.39 is 0 Å². The molecule has 0 aromatic heterocycles. The van der Waals surface area contributed by atoms with Crippen molar-refractivity contribution in [3.63, 3.8) is 0 Å². The lowest BCUT2D eigenvalue weighted by Crippen LogP contribution is -3.28. The van der Waals surface area contributed by atoms with Gasteiger partial charge in [0.15, 0.2) is 0 Å². The van der Waals surface area contributed by atoms with Gasteiger partial charge in [0.25, 0.3) is 0 Å². The molecule has 20 heavy (non-hydrogen) atoms. The number of ether oxygens (including phenoxy) is 1. The van der Waals surface area contributed by atoms with Crippen molar-refractivity contribution in [3.8, 4) is 5.75 Å². The molecule has 1 heterocycles. The predicted octanol–water partition coefficient (Wildman–Crippen LogP) is -0.124. The van der Waals surface area contributed by atoms with E-state index in [0.29, 0.717) is 0 Å². The first-order valence-electron chi connectivity index (χ1n) is 8.07. The highest BCUT2D eigenvalue weighted by Gasteiger charge is 2.20. The van der Waals surface area contributed by atoms with Crippen LogP contribution in [0.4, 0.5) is 0 Å². The summed E-state index contributed by atoms with van der Waals surface area (Å²) in [5.74, 6) is 1.06. The number of nitrogens with one attached hydrogen (secondary N) is 2. The highest BCUT2D eigenvalue weighted by molar-refractivity contribution is 5.38. The summed E-state index contributed by atoms with van der Waals surface area (Å²) in [5, 5.41) is 0. The predicted molar refractivity (Wildman–Crippen MR) is 82.8 cm³/mol. The maximum Gasteiger partial charge on any atom is 0.127 e. The van der Waals surface area contributed by atoms with Crippen molar-refractivity contribution in [1.82, 2.24) is 0 Å². The summed E-state index contributed by atoms with van der Waals surface area (Å²) in [6.45, 7) is 15.3. The van der Waals surface area contributed by atoms with Crippen LogP contribution in [0.15, 0.2) is 18.2 Å².